The van der Waals surface area contributed by atoms with Crippen molar-refractivity contribution in [1.82, 2.24) is 18.7 Å². The summed E-state index contributed by atoms with van der Waals surface area (Å²) in [4.78, 5) is 43.9. The Morgan fingerprint density at radius 1 is 1.19 bits per heavy atom. The molecule has 0 spiro atoms. The largest absolute Gasteiger partial charge is 0.340 e. The van der Waals surface area contributed by atoms with Crippen molar-refractivity contribution < 1.29 is 9.59 Å². The number of piperazine rings is 1. The van der Waals surface area contributed by atoms with Crippen molar-refractivity contribution in [2.45, 2.75) is 6.92 Å². The van der Waals surface area contributed by atoms with Gasteiger partial charge in [-0.3, -0.25) is 9.59 Å². The third kappa shape index (κ3) is 2.42. The molecule has 0 atom stereocenters. The Kier molecular flexibility index (Phi) is 3.46. The quantitative estimate of drug-likeness (QED) is 0.714. The van der Waals surface area contributed by atoms with Crippen LogP contribution in [0.2, 0.25) is 0 Å². The molecule has 2 aromatic heterocycles. The highest BCUT2D eigenvalue weighted by molar-refractivity contribution is 7.14. The molecule has 21 heavy (non-hydrogen) atoms. The van der Waals surface area contributed by atoms with Gasteiger partial charge in [0.1, 0.15) is 4.83 Å². The van der Waals surface area contributed by atoms with E-state index in [1.54, 1.807) is 28.1 Å². The van der Waals surface area contributed by atoms with Crippen molar-refractivity contribution in [1.29, 1.82) is 0 Å². The van der Waals surface area contributed by atoms with E-state index in [1.807, 2.05) is 0 Å². The van der Waals surface area contributed by atoms with Gasteiger partial charge in [-0.25, -0.2) is 9.78 Å². The predicted molar refractivity (Wildman–Crippen MR) is 78.5 cm³/mol. The number of nitrogens with zero attached hydrogens (tertiary/aromatic N) is 4. The lowest BCUT2D eigenvalue weighted by molar-refractivity contribution is -0.130. The zero-order valence-electron chi connectivity index (χ0n) is 11.5. The van der Waals surface area contributed by atoms with E-state index < -0.39 is 0 Å². The van der Waals surface area contributed by atoms with Gasteiger partial charge in [-0.15, -0.1) is 0 Å². The molecule has 3 rings (SSSR count). The minimum atomic E-state index is -0.341. The summed E-state index contributed by atoms with van der Waals surface area (Å²) in [5, 5.41) is 0.457. The van der Waals surface area contributed by atoms with Crippen LogP contribution in [0.5, 0.6) is 0 Å². The van der Waals surface area contributed by atoms with Gasteiger partial charge >= 0.3 is 6.03 Å². The highest BCUT2D eigenvalue weighted by Gasteiger charge is 2.25. The predicted octanol–water partition coefficient (Wildman–Crippen LogP) is 0.590. The smallest absolute Gasteiger partial charge is 0.339 e. The molecule has 110 valence electrons. The van der Waals surface area contributed by atoms with Crippen molar-refractivity contribution in [3.05, 3.63) is 28.7 Å². The first-order chi connectivity index (χ1) is 10.1. The summed E-state index contributed by atoms with van der Waals surface area (Å²) in [6, 6.07) is 3.00. The van der Waals surface area contributed by atoms with Gasteiger partial charge in [0.25, 0.3) is 5.56 Å². The lowest BCUT2D eigenvalue weighted by atomic mass is 10.3. The fourth-order valence-corrected chi connectivity index (χ4v) is 3.24. The molecule has 1 aliphatic heterocycles. The van der Waals surface area contributed by atoms with Crippen LogP contribution in [0.4, 0.5) is 4.79 Å². The number of rotatable bonds is 0. The number of carbonyl (C=O) groups is 2. The molecule has 3 heterocycles. The Hall–Kier alpha value is -2.22. The standard InChI is InChI=1S/C13H14N4O3S/c1-9(18)15-5-7-16(8-6-15)13(20)17-12(19)10-3-2-4-14-11(10)21-17/h2-4H,5-8H2,1H3. The summed E-state index contributed by atoms with van der Waals surface area (Å²) in [5.74, 6) is 0.00493. The van der Waals surface area contributed by atoms with Crippen molar-refractivity contribution >= 4 is 33.7 Å². The monoisotopic (exact) mass is 306 g/mol. The molecular formula is C13H14N4O3S. The van der Waals surface area contributed by atoms with Crippen LogP contribution in [0, 0.1) is 0 Å². The van der Waals surface area contributed by atoms with E-state index in [-0.39, 0.29) is 17.5 Å². The van der Waals surface area contributed by atoms with Crippen LogP contribution in [-0.2, 0) is 4.79 Å². The molecule has 2 aromatic rings. The fraction of sp³-hybridized carbons (Fsp3) is 0.385. The first-order valence-electron chi connectivity index (χ1n) is 6.60. The van der Waals surface area contributed by atoms with E-state index in [2.05, 4.69) is 4.98 Å². The molecule has 2 amide bonds. The molecule has 1 saturated heterocycles. The summed E-state index contributed by atoms with van der Waals surface area (Å²) >= 11 is 1.05. The van der Waals surface area contributed by atoms with Crippen molar-refractivity contribution in [3.8, 4) is 0 Å². The number of fused-ring (bicyclic) bond motifs is 1. The zero-order chi connectivity index (χ0) is 15.0. The Bertz CT molecular complexity index is 758. The summed E-state index contributed by atoms with van der Waals surface area (Å²) in [5.41, 5.74) is -0.331. The number of aromatic nitrogens is 2. The Morgan fingerprint density at radius 3 is 2.48 bits per heavy atom. The van der Waals surface area contributed by atoms with Crippen LogP contribution in [0.1, 0.15) is 6.92 Å². The van der Waals surface area contributed by atoms with Gasteiger partial charge in [-0.1, -0.05) is 0 Å². The Morgan fingerprint density at radius 2 is 1.86 bits per heavy atom. The maximum absolute atomic E-state index is 12.4. The highest BCUT2D eigenvalue weighted by Crippen LogP contribution is 2.14. The van der Waals surface area contributed by atoms with E-state index in [1.165, 1.54) is 6.92 Å². The molecular weight excluding hydrogens is 292 g/mol. The summed E-state index contributed by atoms with van der Waals surface area (Å²) < 4.78 is 1.14. The van der Waals surface area contributed by atoms with Crippen LogP contribution in [-0.4, -0.2) is 56.9 Å². The van der Waals surface area contributed by atoms with Gasteiger partial charge in [-0.2, -0.15) is 3.96 Å². The number of pyridine rings is 1. The Labute approximate surface area is 124 Å². The number of hydrogen-bond donors (Lipinski definition) is 0. The second kappa shape index (κ2) is 5.28. The molecule has 8 heteroatoms. The second-order valence-electron chi connectivity index (χ2n) is 4.82. The molecule has 0 unspecified atom stereocenters. The maximum atomic E-state index is 12.4. The summed E-state index contributed by atoms with van der Waals surface area (Å²) in [6.45, 7) is 3.39. The van der Waals surface area contributed by atoms with Gasteiger partial charge in [0.15, 0.2) is 0 Å². The summed E-state index contributed by atoms with van der Waals surface area (Å²) in [7, 11) is 0. The lowest BCUT2D eigenvalue weighted by Crippen LogP contribution is -2.51. The topological polar surface area (TPSA) is 75.5 Å². The van der Waals surface area contributed by atoms with Crippen LogP contribution in [0.25, 0.3) is 10.2 Å². The van der Waals surface area contributed by atoms with Crippen LogP contribution >= 0.6 is 11.5 Å². The van der Waals surface area contributed by atoms with Crippen LogP contribution in [0.3, 0.4) is 0 Å². The molecule has 0 bridgehead atoms. The summed E-state index contributed by atoms with van der Waals surface area (Å²) in [6.07, 6.45) is 1.60. The second-order valence-corrected chi connectivity index (χ2v) is 5.76. The molecule has 0 N–H and O–H groups in total. The third-order valence-electron chi connectivity index (χ3n) is 3.53. The molecule has 0 aromatic carbocycles. The maximum Gasteiger partial charge on any atom is 0.340 e. The lowest BCUT2D eigenvalue weighted by Gasteiger charge is -2.33. The molecule has 1 fully saturated rings. The minimum Gasteiger partial charge on any atom is -0.339 e. The normalized spacial score (nSPS) is 15.5. The zero-order valence-corrected chi connectivity index (χ0v) is 12.3. The van der Waals surface area contributed by atoms with Gasteiger partial charge < -0.3 is 9.80 Å². The van der Waals surface area contributed by atoms with Crippen LogP contribution < -0.4 is 5.56 Å². The Balaban J connectivity index is 1.83. The van der Waals surface area contributed by atoms with E-state index in [0.29, 0.717) is 36.4 Å². The molecule has 0 saturated carbocycles. The van der Waals surface area contributed by atoms with Gasteiger partial charge in [0, 0.05) is 39.3 Å². The number of amides is 2. The minimum absolute atomic E-state index is 0.00493. The molecule has 0 radical (unpaired) electrons. The first-order valence-corrected chi connectivity index (χ1v) is 7.37. The van der Waals surface area contributed by atoms with E-state index >= 15 is 0 Å². The van der Waals surface area contributed by atoms with Crippen molar-refractivity contribution in [3.63, 3.8) is 0 Å². The average Bonchev–Trinajstić information content (AvgIpc) is 2.84. The number of carbonyl (C=O) groups excluding carboxylic acids is 2. The molecule has 7 nitrogen and oxygen atoms in total. The SMILES string of the molecule is CC(=O)N1CCN(C(=O)n2sc3ncccc3c2=O)CC1. The van der Waals surface area contributed by atoms with Crippen molar-refractivity contribution in [2.24, 2.45) is 0 Å². The highest BCUT2D eigenvalue weighted by atomic mass is 32.1. The van der Waals surface area contributed by atoms with Gasteiger partial charge in [0.05, 0.1) is 5.39 Å². The van der Waals surface area contributed by atoms with Gasteiger partial charge in [-0.05, 0) is 23.7 Å². The average molecular weight is 306 g/mol. The number of hydrogen-bond acceptors (Lipinski definition) is 5. The van der Waals surface area contributed by atoms with Crippen LogP contribution in [0.15, 0.2) is 23.1 Å². The van der Waals surface area contributed by atoms with E-state index in [9.17, 15) is 14.4 Å². The molecule has 0 aliphatic carbocycles. The third-order valence-corrected chi connectivity index (χ3v) is 4.54. The van der Waals surface area contributed by atoms with E-state index in [0.717, 1.165) is 15.5 Å². The molecule has 1 aliphatic rings. The first kappa shape index (κ1) is 13.7. The van der Waals surface area contributed by atoms with Gasteiger partial charge in [0.2, 0.25) is 5.91 Å². The van der Waals surface area contributed by atoms with E-state index in [4.69, 9.17) is 0 Å². The van der Waals surface area contributed by atoms with Crippen molar-refractivity contribution in [2.75, 3.05) is 26.2 Å². The fourth-order valence-electron chi connectivity index (χ4n) is 2.33.